The molecule has 6 nitrogen and oxygen atoms in total. The molecule has 0 bridgehead atoms. The summed E-state index contributed by atoms with van der Waals surface area (Å²) in [6.45, 7) is 2.83. The topological polar surface area (TPSA) is 65.5 Å². The van der Waals surface area contributed by atoms with Crippen LogP contribution >= 0.6 is 22.9 Å². The Balaban J connectivity index is 1.43. The first-order valence-corrected chi connectivity index (χ1v) is 9.35. The zero-order chi connectivity index (χ0) is 17.6. The quantitative estimate of drug-likeness (QED) is 0.868. The van der Waals surface area contributed by atoms with E-state index in [1.165, 1.54) is 11.3 Å². The van der Waals surface area contributed by atoms with Gasteiger partial charge in [-0.25, -0.2) is 4.98 Å². The first-order chi connectivity index (χ1) is 12.1. The van der Waals surface area contributed by atoms with E-state index in [9.17, 15) is 9.59 Å². The van der Waals surface area contributed by atoms with E-state index in [2.05, 4.69) is 15.2 Å². The van der Waals surface area contributed by atoms with E-state index < -0.39 is 0 Å². The summed E-state index contributed by atoms with van der Waals surface area (Å²) < 4.78 is 0. The minimum atomic E-state index is -0.180. The summed E-state index contributed by atoms with van der Waals surface area (Å²) in [5.41, 5.74) is 1.07. The number of aromatic nitrogens is 1. The van der Waals surface area contributed by atoms with Crippen LogP contribution in [0.1, 0.15) is 12.8 Å². The van der Waals surface area contributed by atoms with Gasteiger partial charge in [0.05, 0.1) is 0 Å². The lowest BCUT2D eigenvalue weighted by Gasteiger charge is -2.36. The van der Waals surface area contributed by atoms with Gasteiger partial charge in [0.1, 0.15) is 0 Å². The number of nitrogens with one attached hydrogen (secondary N) is 1. The normalized spacial score (nSPS) is 14.4. The second kappa shape index (κ2) is 8.31. The monoisotopic (exact) mass is 378 g/mol. The third-order valence-electron chi connectivity index (χ3n) is 4.05. The molecule has 0 aliphatic carbocycles. The number of benzene rings is 1. The van der Waals surface area contributed by atoms with Gasteiger partial charge in [-0.3, -0.25) is 9.59 Å². The molecule has 3 rings (SSSR count). The van der Waals surface area contributed by atoms with Gasteiger partial charge in [-0.2, -0.15) is 0 Å². The summed E-state index contributed by atoms with van der Waals surface area (Å²) in [6.07, 6.45) is 2.02. The summed E-state index contributed by atoms with van der Waals surface area (Å²) in [5.74, 6) is -0.166. The number of nitrogens with zero attached hydrogens (tertiary/aromatic N) is 3. The van der Waals surface area contributed by atoms with Crippen molar-refractivity contribution in [2.45, 2.75) is 12.8 Å². The molecular formula is C17H19ClN4O2S. The number of amides is 2. The largest absolute Gasteiger partial charge is 0.368 e. The molecule has 1 aliphatic heterocycles. The standard InChI is InChI=1S/C17H19ClN4O2S/c18-13-2-1-3-14(12-13)21-7-9-22(10-8-21)16(24)5-4-15(23)20-17-19-6-11-25-17/h1-3,6,11-12H,4-5,7-10H2,(H,19,20,23). The van der Waals surface area contributed by atoms with E-state index in [4.69, 9.17) is 11.6 Å². The summed E-state index contributed by atoms with van der Waals surface area (Å²) in [7, 11) is 0. The van der Waals surface area contributed by atoms with Crippen molar-refractivity contribution in [1.29, 1.82) is 0 Å². The number of thiazole rings is 1. The zero-order valence-electron chi connectivity index (χ0n) is 13.7. The summed E-state index contributed by atoms with van der Waals surface area (Å²) in [5, 5.41) is 5.76. The van der Waals surface area contributed by atoms with Gasteiger partial charge in [-0.15, -0.1) is 11.3 Å². The molecular weight excluding hydrogens is 360 g/mol. The zero-order valence-corrected chi connectivity index (χ0v) is 15.2. The maximum atomic E-state index is 12.3. The van der Waals surface area contributed by atoms with Crippen molar-refractivity contribution >= 4 is 45.6 Å². The highest BCUT2D eigenvalue weighted by molar-refractivity contribution is 7.13. The fourth-order valence-corrected chi connectivity index (χ4v) is 3.46. The van der Waals surface area contributed by atoms with Crippen molar-refractivity contribution in [3.63, 3.8) is 0 Å². The van der Waals surface area contributed by atoms with Crippen molar-refractivity contribution in [2.24, 2.45) is 0 Å². The number of anilines is 2. The Hall–Kier alpha value is -2.12. The third kappa shape index (κ3) is 4.93. The van der Waals surface area contributed by atoms with Crippen LogP contribution in [0.2, 0.25) is 5.02 Å². The molecule has 1 N–H and O–H groups in total. The molecule has 1 saturated heterocycles. The Kier molecular flexibility index (Phi) is 5.88. The smallest absolute Gasteiger partial charge is 0.226 e. The second-order valence-corrected chi connectivity index (χ2v) is 7.06. The lowest BCUT2D eigenvalue weighted by Crippen LogP contribution is -2.48. The first-order valence-electron chi connectivity index (χ1n) is 8.09. The van der Waals surface area contributed by atoms with Crippen molar-refractivity contribution in [3.8, 4) is 0 Å². The lowest BCUT2D eigenvalue weighted by molar-refractivity contribution is -0.133. The molecule has 0 radical (unpaired) electrons. The van der Waals surface area contributed by atoms with E-state index in [-0.39, 0.29) is 24.7 Å². The molecule has 0 saturated carbocycles. The molecule has 1 aromatic carbocycles. The van der Waals surface area contributed by atoms with Crippen LogP contribution in [0.5, 0.6) is 0 Å². The Bertz CT molecular complexity index is 730. The summed E-state index contributed by atoms with van der Waals surface area (Å²) in [6, 6.07) is 7.73. The summed E-state index contributed by atoms with van der Waals surface area (Å²) >= 11 is 7.39. The number of hydrogen-bond donors (Lipinski definition) is 1. The van der Waals surface area contributed by atoms with Crippen molar-refractivity contribution in [3.05, 3.63) is 40.9 Å². The van der Waals surface area contributed by atoms with Crippen LogP contribution in [0.15, 0.2) is 35.8 Å². The van der Waals surface area contributed by atoms with Crippen LogP contribution in [-0.4, -0.2) is 47.9 Å². The number of piperazine rings is 1. The summed E-state index contributed by atoms with van der Waals surface area (Å²) in [4.78, 5) is 32.1. The maximum Gasteiger partial charge on any atom is 0.226 e. The van der Waals surface area contributed by atoms with Crippen LogP contribution < -0.4 is 10.2 Å². The molecule has 1 aliphatic rings. The molecule has 1 aromatic heterocycles. The number of halogens is 1. The predicted octanol–water partition coefficient (Wildman–Crippen LogP) is 2.86. The van der Waals surface area contributed by atoms with Gasteiger partial charge in [0, 0.05) is 61.3 Å². The Morgan fingerprint density at radius 2 is 2.00 bits per heavy atom. The van der Waals surface area contributed by atoms with Crippen molar-refractivity contribution < 1.29 is 9.59 Å². The Labute approximate surface area is 155 Å². The molecule has 2 amide bonds. The Morgan fingerprint density at radius 1 is 1.20 bits per heavy atom. The number of rotatable bonds is 5. The molecule has 132 valence electrons. The molecule has 0 unspecified atom stereocenters. The van der Waals surface area contributed by atoms with Gasteiger partial charge in [0.15, 0.2) is 5.13 Å². The van der Waals surface area contributed by atoms with Gasteiger partial charge >= 0.3 is 0 Å². The van der Waals surface area contributed by atoms with Crippen LogP contribution in [-0.2, 0) is 9.59 Å². The highest BCUT2D eigenvalue weighted by Gasteiger charge is 2.21. The van der Waals surface area contributed by atoms with Crippen LogP contribution in [0.3, 0.4) is 0 Å². The fraction of sp³-hybridized carbons (Fsp3) is 0.353. The van der Waals surface area contributed by atoms with E-state index >= 15 is 0 Å². The van der Waals surface area contributed by atoms with Gasteiger partial charge in [-0.05, 0) is 18.2 Å². The number of carbonyl (C=O) groups is 2. The molecule has 0 atom stereocenters. The third-order valence-corrected chi connectivity index (χ3v) is 4.97. The molecule has 0 spiro atoms. The van der Waals surface area contributed by atoms with Gasteiger partial charge in [0.25, 0.3) is 0 Å². The van der Waals surface area contributed by atoms with E-state index in [0.717, 1.165) is 18.8 Å². The van der Waals surface area contributed by atoms with Crippen molar-refractivity contribution in [2.75, 3.05) is 36.4 Å². The number of hydrogen-bond acceptors (Lipinski definition) is 5. The number of carbonyl (C=O) groups excluding carboxylic acids is 2. The maximum absolute atomic E-state index is 12.3. The molecule has 1 fully saturated rings. The van der Waals surface area contributed by atoms with E-state index in [1.807, 2.05) is 29.2 Å². The van der Waals surface area contributed by atoms with Crippen LogP contribution in [0, 0.1) is 0 Å². The van der Waals surface area contributed by atoms with E-state index in [1.54, 1.807) is 11.6 Å². The molecule has 25 heavy (non-hydrogen) atoms. The first kappa shape index (κ1) is 17.7. The minimum absolute atomic E-state index is 0.0139. The van der Waals surface area contributed by atoms with Gasteiger partial charge in [-0.1, -0.05) is 17.7 Å². The van der Waals surface area contributed by atoms with Crippen LogP contribution in [0.4, 0.5) is 10.8 Å². The fourth-order valence-electron chi connectivity index (χ4n) is 2.73. The lowest BCUT2D eigenvalue weighted by atomic mass is 10.2. The predicted molar refractivity (Wildman–Crippen MR) is 100 cm³/mol. The Morgan fingerprint density at radius 3 is 2.68 bits per heavy atom. The van der Waals surface area contributed by atoms with Gasteiger partial charge in [0.2, 0.25) is 11.8 Å². The highest BCUT2D eigenvalue weighted by Crippen LogP contribution is 2.21. The van der Waals surface area contributed by atoms with Crippen LogP contribution in [0.25, 0.3) is 0 Å². The minimum Gasteiger partial charge on any atom is -0.368 e. The second-order valence-electron chi connectivity index (χ2n) is 5.73. The average Bonchev–Trinajstić information content (AvgIpc) is 3.13. The SMILES string of the molecule is O=C(CCC(=O)N1CCN(c2cccc(Cl)c2)CC1)Nc1nccs1. The molecule has 2 heterocycles. The molecule has 8 heteroatoms. The van der Waals surface area contributed by atoms with E-state index in [0.29, 0.717) is 23.2 Å². The van der Waals surface area contributed by atoms with Gasteiger partial charge < -0.3 is 15.1 Å². The highest BCUT2D eigenvalue weighted by atomic mass is 35.5. The average molecular weight is 379 g/mol. The molecule has 2 aromatic rings. The van der Waals surface area contributed by atoms with Crippen molar-refractivity contribution in [1.82, 2.24) is 9.88 Å².